The average Bonchev–Trinajstić information content (AvgIpc) is 2.93. The van der Waals surface area contributed by atoms with Crippen molar-refractivity contribution in [3.8, 4) is 0 Å². The normalized spacial score (nSPS) is 18.0. The predicted octanol–water partition coefficient (Wildman–Crippen LogP) is 2.54. The molecule has 1 aromatic heterocycles. The minimum absolute atomic E-state index is 0.350. The van der Waals surface area contributed by atoms with Gasteiger partial charge in [0.25, 0.3) is 0 Å². The van der Waals surface area contributed by atoms with Gasteiger partial charge in [-0.1, -0.05) is 12.1 Å². The van der Waals surface area contributed by atoms with E-state index in [4.69, 9.17) is 4.74 Å². The number of carbonyl (C=O) groups is 1. The first-order chi connectivity index (χ1) is 11.8. The summed E-state index contributed by atoms with van der Waals surface area (Å²) in [7, 11) is 3.20. The van der Waals surface area contributed by atoms with Gasteiger partial charge in [0.15, 0.2) is 0 Å². The summed E-state index contributed by atoms with van der Waals surface area (Å²) < 4.78 is 44.8. The first kappa shape index (κ1) is 17.5. The van der Waals surface area contributed by atoms with E-state index in [1.165, 1.54) is 19.2 Å². The van der Waals surface area contributed by atoms with Gasteiger partial charge in [0.05, 0.1) is 30.4 Å². The molecule has 1 atom stereocenters. The molecule has 0 N–H and O–H groups in total. The largest absolute Gasteiger partial charge is 0.468 e. The van der Waals surface area contributed by atoms with Crippen LogP contribution in [-0.4, -0.2) is 33.6 Å². The number of hydrogen-bond donors (Lipinski definition) is 0. The zero-order chi connectivity index (χ0) is 18.2. The molecule has 25 heavy (non-hydrogen) atoms. The van der Waals surface area contributed by atoms with E-state index < -0.39 is 17.8 Å². The molecule has 0 radical (unpaired) electrons. The van der Waals surface area contributed by atoms with Gasteiger partial charge in [-0.2, -0.15) is 13.2 Å². The number of aryl methyl sites for hydroxylation is 1. The quantitative estimate of drug-likeness (QED) is 0.796. The molecule has 2 aromatic rings. The molecule has 0 saturated carbocycles. The number of benzene rings is 1. The van der Waals surface area contributed by atoms with Crippen LogP contribution in [0.15, 0.2) is 30.6 Å². The van der Waals surface area contributed by atoms with Crippen molar-refractivity contribution in [3.05, 3.63) is 53.1 Å². The Labute approximate surface area is 143 Å². The van der Waals surface area contributed by atoms with Crippen LogP contribution < -0.4 is 0 Å². The maximum Gasteiger partial charge on any atom is 0.416 e. The summed E-state index contributed by atoms with van der Waals surface area (Å²) in [5, 5.41) is 0. The van der Waals surface area contributed by atoms with Crippen molar-refractivity contribution in [2.24, 2.45) is 7.05 Å². The molecule has 2 heterocycles. The minimum atomic E-state index is -4.36. The lowest BCUT2D eigenvalue weighted by atomic mass is 10.0. The Morgan fingerprint density at radius 3 is 2.60 bits per heavy atom. The first-order valence-electron chi connectivity index (χ1n) is 7.76. The number of halogens is 3. The fraction of sp³-hybridized carbons (Fsp3) is 0.412. The Bertz CT molecular complexity index is 768. The van der Waals surface area contributed by atoms with Gasteiger partial charge in [-0.3, -0.25) is 9.69 Å². The number of nitrogens with zero attached hydrogens (tertiary/aromatic N) is 3. The minimum Gasteiger partial charge on any atom is -0.468 e. The third-order valence-electron chi connectivity index (χ3n) is 4.47. The van der Waals surface area contributed by atoms with Crippen molar-refractivity contribution in [2.75, 3.05) is 7.11 Å². The van der Waals surface area contributed by atoms with Crippen LogP contribution in [0.3, 0.4) is 0 Å². The van der Waals surface area contributed by atoms with Crippen LogP contribution in [0.2, 0.25) is 0 Å². The maximum atomic E-state index is 12.7. The number of esters is 1. The van der Waals surface area contributed by atoms with Crippen LogP contribution in [0.4, 0.5) is 13.2 Å². The lowest BCUT2D eigenvalue weighted by molar-refractivity contribution is -0.148. The van der Waals surface area contributed by atoms with Crippen molar-refractivity contribution < 1.29 is 22.7 Å². The molecule has 5 nitrogen and oxygen atoms in total. The predicted molar refractivity (Wildman–Crippen MR) is 83.4 cm³/mol. The summed E-state index contributed by atoms with van der Waals surface area (Å²) in [6.07, 6.45) is -2.24. The van der Waals surface area contributed by atoms with E-state index in [1.54, 1.807) is 6.33 Å². The highest BCUT2D eigenvalue weighted by molar-refractivity contribution is 5.76. The van der Waals surface area contributed by atoms with Crippen LogP contribution in [-0.2, 0) is 42.3 Å². The number of methoxy groups -OCH3 is 1. The third kappa shape index (κ3) is 3.53. The second kappa shape index (κ2) is 6.51. The Kier molecular flexibility index (Phi) is 4.55. The fourth-order valence-electron chi connectivity index (χ4n) is 3.06. The lowest BCUT2D eigenvalue weighted by Gasteiger charge is -2.33. The number of ether oxygens (including phenoxy) is 1. The molecule has 134 valence electrons. The van der Waals surface area contributed by atoms with Crippen LogP contribution >= 0.6 is 0 Å². The number of rotatable bonds is 3. The Morgan fingerprint density at radius 2 is 2.00 bits per heavy atom. The average molecular weight is 353 g/mol. The Balaban J connectivity index is 1.83. The molecule has 1 aliphatic rings. The van der Waals surface area contributed by atoms with E-state index in [1.807, 2.05) is 16.5 Å². The molecule has 0 saturated heterocycles. The zero-order valence-electron chi connectivity index (χ0n) is 13.9. The molecule has 0 amide bonds. The summed E-state index contributed by atoms with van der Waals surface area (Å²) in [6.45, 7) is 0.829. The molecule has 1 aliphatic heterocycles. The fourth-order valence-corrected chi connectivity index (χ4v) is 3.06. The standard InChI is InChI=1S/C17H18F3N3O2/c1-22-10-21-13-7-14(16(24)25-2)23(9-15(13)22)8-11-3-5-12(6-4-11)17(18,19)20/h3-6,10,14H,7-9H2,1-2H3/t14-/m0/s1. The van der Waals surface area contributed by atoms with Gasteiger partial charge >= 0.3 is 12.1 Å². The van der Waals surface area contributed by atoms with Gasteiger partial charge < -0.3 is 9.30 Å². The summed E-state index contributed by atoms with van der Waals surface area (Å²) in [4.78, 5) is 18.3. The van der Waals surface area contributed by atoms with Crippen molar-refractivity contribution in [1.29, 1.82) is 0 Å². The molecular weight excluding hydrogens is 335 g/mol. The van der Waals surface area contributed by atoms with Crippen molar-refractivity contribution >= 4 is 5.97 Å². The smallest absolute Gasteiger partial charge is 0.416 e. The van der Waals surface area contributed by atoms with E-state index in [-0.39, 0.29) is 5.97 Å². The van der Waals surface area contributed by atoms with Crippen LogP contribution in [0.1, 0.15) is 22.5 Å². The highest BCUT2D eigenvalue weighted by Crippen LogP contribution is 2.30. The molecule has 1 aromatic carbocycles. The van der Waals surface area contributed by atoms with Crippen LogP contribution in [0.25, 0.3) is 0 Å². The van der Waals surface area contributed by atoms with E-state index in [0.29, 0.717) is 25.1 Å². The van der Waals surface area contributed by atoms with Gasteiger partial charge in [0.1, 0.15) is 6.04 Å². The molecule has 3 rings (SSSR count). The number of fused-ring (bicyclic) bond motifs is 1. The SMILES string of the molecule is COC(=O)[C@@H]1Cc2ncn(C)c2CN1Cc1ccc(C(F)(F)F)cc1. The molecule has 0 unspecified atom stereocenters. The highest BCUT2D eigenvalue weighted by atomic mass is 19.4. The van der Waals surface area contributed by atoms with Crippen molar-refractivity contribution in [1.82, 2.24) is 14.5 Å². The summed E-state index contributed by atoms with van der Waals surface area (Å²) in [5.41, 5.74) is 1.86. The summed E-state index contributed by atoms with van der Waals surface area (Å²) in [6, 6.07) is 4.49. The number of imidazole rings is 1. The monoisotopic (exact) mass is 353 g/mol. The van der Waals surface area contributed by atoms with Crippen LogP contribution in [0.5, 0.6) is 0 Å². The first-order valence-corrected chi connectivity index (χ1v) is 7.76. The lowest BCUT2D eigenvalue weighted by Crippen LogP contribution is -2.46. The number of alkyl halides is 3. The second-order valence-corrected chi connectivity index (χ2v) is 6.09. The third-order valence-corrected chi connectivity index (χ3v) is 4.47. The number of hydrogen-bond acceptors (Lipinski definition) is 4. The molecular formula is C17H18F3N3O2. The highest BCUT2D eigenvalue weighted by Gasteiger charge is 2.35. The van der Waals surface area contributed by atoms with Gasteiger partial charge in [-0.15, -0.1) is 0 Å². The van der Waals surface area contributed by atoms with Gasteiger partial charge in [-0.05, 0) is 17.7 Å². The van der Waals surface area contributed by atoms with Crippen molar-refractivity contribution in [3.63, 3.8) is 0 Å². The second-order valence-electron chi connectivity index (χ2n) is 6.09. The summed E-state index contributed by atoms with van der Waals surface area (Å²) >= 11 is 0. The van der Waals surface area contributed by atoms with Crippen LogP contribution in [0, 0.1) is 0 Å². The molecule has 0 bridgehead atoms. The van der Waals surface area contributed by atoms with E-state index in [9.17, 15) is 18.0 Å². The number of aromatic nitrogens is 2. The topological polar surface area (TPSA) is 47.4 Å². The van der Waals surface area contributed by atoms with E-state index in [2.05, 4.69) is 4.98 Å². The molecule has 0 fully saturated rings. The van der Waals surface area contributed by atoms with Gasteiger partial charge in [0.2, 0.25) is 0 Å². The summed E-state index contributed by atoms with van der Waals surface area (Å²) in [5.74, 6) is -0.372. The number of carbonyl (C=O) groups excluding carboxylic acids is 1. The van der Waals surface area contributed by atoms with Gasteiger partial charge in [0, 0.05) is 26.6 Å². The van der Waals surface area contributed by atoms with E-state index >= 15 is 0 Å². The van der Waals surface area contributed by atoms with Gasteiger partial charge in [-0.25, -0.2) is 4.98 Å². The van der Waals surface area contributed by atoms with E-state index in [0.717, 1.165) is 23.5 Å². The molecule has 8 heteroatoms. The molecule has 0 aliphatic carbocycles. The molecule has 0 spiro atoms. The van der Waals surface area contributed by atoms with Crippen molar-refractivity contribution in [2.45, 2.75) is 31.7 Å². The maximum absolute atomic E-state index is 12.7. The Morgan fingerprint density at radius 1 is 1.32 bits per heavy atom. The zero-order valence-corrected chi connectivity index (χ0v) is 13.9. The Hall–Kier alpha value is -2.35.